The summed E-state index contributed by atoms with van der Waals surface area (Å²) < 4.78 is 12.1. The second kappa shape index (κ2) is 13.6. The number of aromatic nitrogens is 1. The molecular formula is C56H37N3OS. The molecule has 4 heterocycles. The average Bonchev–Trinajstić information content (AvgIpc) is 3.98. The van der Waals surface area contributed by atoms with E-state index in [-0.39, 0.29) is 0 Å². The van der Waals surface area contributed by atoms with Gasteiger partial charge in [-0.25, -0.2) is 9.98 Å². The van der Waals surface area contributed by atoms with Crippen molar-refractivity contribution >= 4 is 108 Å². The molecule has 0 N–H and O–H groups in total. The largest absolute Gasteiger partial charge is 0.454 e. The number of fused-ring (bicyclic) bond motifs is 12. The molecule has 0 spiro atoms. The van der Waals surface area contributed by atoms with E-state index in [0.717, 1.165) is 92.7 Å². The Morgan fingerprint density at radius 3 is 2.21 bits per heavy atom. The van der Waals surface area contributed by atoms with E-state index in [1.807, 2.05) is 11.3 Å². The summed E-state index contributed by atoms with van der Waals surface area (Å²) in [5.41, 5.74) is 10.3. The molecule has 2 aliphatic rings. The molecule has 0 saturated carbocycles. The molecule has 1 aliphatic heterocycles. The minimum Gasteiger partial charge on any atom is -0.454 e. The van der Waals surface area contributed by atoms with Crippen LogP contribution in [0.3, 0.4) is 0 Å². The van der Waals surface area contributed by atoms with Crippen LogP contribution in [0.25, 0.3) is 91.1 Å². The first-order valence-electron chi connectivity index (χ1n) is 21.2. The van der Waals surface area contributed by atoms with Gasteiger partial charge >= 0.3 is 0 Å². The predicted molar refractivity (Wildman–Crippen MR) is 259 cm³/mol. The number of nitrogens with zero attached hydrogens (tertiary/aromatic N) is 3. The standard InChI is InChI=1S/C56H37N3OS/c1-2-14-35(15-3-1)46-21-12-22-47(58-56(57-46)38-25-27-42-41-20-9-11-24-51(41)61-52(42)33-38)43-28-29-44-53-39-18-7-6-13-34(39)26-30-50(53)60-55(44)54(43)59-48-23-10-8-19-40(48)45-31-36-16-4-5-17-37(36)32-49(45)59/h1-2,4-11,13-14,16-21,23-33H,3,12,15,22H2. The Morgan fingerprint density at radius 2 is 1.33 bits per heavy atom. The fourth-order valence-corrected chi connectivity index (χ4v) is 11.0. The first-order chi connectivity index (χ1) is 30.2. The molecular weight excluding hydrogens is 763 g/mol. The highest BCUT2D eigenvalue weighted by Gasteiger charge is 2.25. The van der Waals surface area contributed by atoms with E-state index >= 15 is 0 Å². The van der Waals surface area contributed by atoms with Gasteiger partial charge in [-0.3, -0.25) is 0 Å². The Morgan fingerprint density at radius 1 is 0.557 bits per heavy atom. The fourth-order valence-electron chi connectivity index (χ4n) is 9.87. The van der Waals surface area contributed by atoms with Crippen LogP contribution < -0.4 is 0 Å². The zero-order valence-corrected chi connectivity index (χ0v) is 34.0. The lowest BCUT2D eigenvalue weighted by Crippen LogP contribution is -2.13. The Kier molecular flexibility index (Phi) is 7.69. The van der Waals surface area contributed by atoms with Gasteiger partial charge in [0.15, 0.2) is 11.4 Å². The van der Waals surface area contributed by atoms with E-state index in [9.17, 15) is 0 Å². The van der Waals surface area contributed by atoms with E-state index < -0.39 is 0 Å². The van der Waals surface area contributed by atoms with Crippen molar-refractivity contribution in [2.75, 3.05) is 0 Å². The first kappa shape index (κ1) is 34.5. The van der Waals surface area contributed by atoms with Gasteiger partial charge in [-0.2, -0.15) is 0 Å². The highest BCUT2D eigenvalue weighted by molar-refractivity contribution is 7.25. The molecule has 61 heavy (non-hydrogen) atoms. The highest BCUT2D eigenvalue weighted by Crippen LogP contribution is 2.43. The summed E-state index contributed by atoms with van der Waals surface area (Å²) in [5.74, 6) is 0.727. The molecule has 11 aromatic rings. The van der Waals surface area contributed by atoms with Gasteiger partial charge in [0.1, 0.15) is 5.58 Å². The van der Waals surface area contributed by atoms with Gasteiger partial charge in [-0.15, -0.1) is 11.3 Å². The van der Waals surface area contributed by atoms with Crippen molar-refractivity contribution in [2.45, 2.75) is 25.7 Å². The number of amidine groups is 1. The maximum atomic E-state index is 7.14. The van der Waals surface area contributed by atoms with Crippen LogP contribution in [0, 0.1) is 0 Å². The molecule has 8 aromatic carbocycles. The molecule has 0 bridgehead atoms. The summed E-state index contributed by atoms with van der Waals surface area (Å²) in [5, 5.41) is 12.0. The maximum Gasteiger partial charge on any atom is 0.160 e. The van der Waals surface area contributed by atoms with Crippen LogP contribution >= 0.6 is 11.3 Å². The first-order valence-corrected chi connectivity index (χ1v) is 22.0. The summed E-state index contributed by atoms with van der Waals surface area (Å²) in [7, 11) is 0. The number of benzene rings is 8. The molecule has 0 radical (unpaired) electrons. The van der Waals surface area contributed by atoms with E-state index in [2.05, 4.69) is 181 Å². The zero-order chi connectivity index (χ0) is 40.0. The third-order valence-electron chi connectivity index (χ3n) is 12.7. The van der Waals surface area contributed by atoms with E-state index in [1.54, 1.807) is 0 Å². The van der Waals surface area contributed by atoms with Crippen LogP contribution in [0.5, 0.6) is 0 Å². The quantitative estimate of drug-likeness (QED) is 0.175. The monoisotopic (exact) mass is 799 g/mol. The van der Waals surface area contributed by atoms with Gasteiger partial charge in [0.2, 0.25) is 0 Å². The smallest absolute Gasteiger partial charge is 0.160 e. The lowest BCUT2D eigenvalue weighted by atomic mass is 9.96. The summed E-state index contributed by atoms with van der Waals surface area (Å²) in [6.45, 7) is 0. The Hall–Kier alpha value is -7.34. The molecule has 0 atom stereocenters. The van der Waals surface area contributed by atoms with Gasteiger partial charge in [0.05, 0.1) is 28.1 Å². The van der Waals surface area contributed by atoms with Crippen molar-refractivity contribution in [3.05, 3.63) is 198 Å². The fraction of sp³-hybridized carbons (Fsp3) is 0.0714. The SMILES string of the molecule is C1=CCCC(C2=CCCC(c3ccc4c(oc5ccc6ccccc6c54)c3-n3c4ccccc4c4cc5ccccc5cc43)=NC(c3ccc4c(c3)sc3ccccc34)=N2)=C1. The summed E-state index contributed by atoms with van der Waals surface area (Å²) in [6, 6.07) is 55.1. The maximum absolute atomic E-state index is 7.14. The van der Waals surface area contributed by atoms with Crippen molar-refractivity contribution in [3.8, 4) is 5.69 Å². The van der Waals surface area contributed by atoms with Crippen molar-refractivity contribution in [2.24, 2.45) is 9.98 Å². The van der Waals surface area contributed by atoms with Crippen LogP contribution in [-0.4, -0.2) is 16.1 Å². The Labute approximate surface area is 355 Å². The third-order valence-corrected chi connectivity index (χ3v) is 13.9. The van der Waals surface area contributed by atoms with Crippen LogP contribution in [-0.2, 0) is 0 Å². The molecule has 0 amide bonds. The number of hydrogen-bond donors (Lipinski definition) is 0. The minimum atomic E-state index is 0.727. The second-order valence-corrected chi connectivity index (χ2v) is 17.3. The highest BCUT2D eigenvalue weighted by atomic mass is 32.1. The molecule has 0 saturated heterocycles. The summed E-state index contributed by atoms with van der Waals surface area (Å²) in [4.78, 5) is 11.2. The molecule has 3 aromatic heterocycles. The number of furan rings is 1. The molecule has 13 rings (SSSR count). The second-order valence-electron chi connectivity index (χ2n) is 16.3. The van der Waals surface area contributed by atoms with Crippen LogP contribution in [0.15, 0.2) is 202 Å². The zero-order valence-electron chi connectivity index (χ0n) is 33.2. The van der Waals surface area contributed by atoms with Crippen molar-refractivity contribution < 1.29 is 4.42 Å². The average molecular weight is 800 g/mol. The van der Waals surface area contributed by atoms with Gasteiger partial charge < -0.3 is 8.98 Å². The molecule has 4 nitrogen and oxygen atoms in total. The summed E-state index contributed by atoms with van der Waals surface area (Å²) in [6.07, 6.45) is 12.5. The lowest BCUT2D eigenvalue weighted by Gasteiger charge is -2.19. The molecule has 0 unspecified atom stereocenters. The van der Waals surface area contributed by atoms with Gasteiger partial charge in [0.25, 0.3) is 0 Å². The molecule has 0 fully saturated rings. The number of rotatable bonds is 4. The van der Waals surface area contributed by atoms with E-state index in [0.29, 0.717) is 0 Å². The number of hydrogen-bond acceptors (Lipinski definition) is 4. The van der Waals surface area contributed by atoms with Gasteiger partial charge in [0, 0.05) is 52.8 Å². The lowest BCUT2D eigenvalue weighted by molar-refractivity contribution is 0.666. The number of thiophene rings is 1. The summed E-state index contributed by atoms with van der Waals surface area (Å²) >= 11 is 1.83. The number of allylic oxidation sites excluding steroid dienone is 5. The van der Waals surface area contributed by atoms with Crippen LogP contribution in [0.1, 0.15) is 36.8 Å². The molecule has 1 aliphatic carbocycles. The number of aliphatic imine (C=N–C) groups is 2. The van der Waals surface area contributed by atoms with E-state index in [1.165, 1.54) is 58.1 Å². The molecule has 288 valence electrons. The van der Waals surface area contributed by atoms with Crippen LogP contribution in [0.2, 0.25) is 0 Å². The van der Waals surface area contributed by atoms with E-state index in [4.69, 9.17) is 14.4 Å². The normalized spacial score (nSPS) is 15.0. The predicted octanol–water partition coefficient (Wildman–Crippen LogP) is 15.5. The van der Waals surface area contributed by atoms with Crippen molar-refractivity contribution in [3.63, 3.8) is 0 Å². The molecule has 5 heteroatoms. The topological polar surface area (TPSA) is 42.8 Å². The van der Waals surface area contributed by atoms with Crippen molar-refractivity contribution in [1.82, 2.24) is 4.57 Å². The number of para-hydroxylation sites is 1. The third kappa shape index (κ3) is 5.44. The Balaban J connectivity index is 1.12. The van der Waals surface area contributed by atoms with Gasteiger partial charge in [-0.05, 0) is 95.3 Å². The van der Waals surface area contributed by atoms with Crippen molar-refractivity contribution in [1.29, 1.82) is 0 Å². The van der Waals surface area contributed by atoms with Crippen LogP contribution in [0.4, 0.5) is 0 Å². The minimum absolute atomic E-state index is 0.727. The Bertz CT molecular complexity index is 3830. The van der Waals surface area contributed by atoms with Gasteiger partial charge in [-0.1, -0.05) is 133 Å².